The molecule has 0 saturated carbocycles. The number of carbonyl (C=O) groups is 2. The first-order chi connectivity index (χ1) is 17.9. The number of piperazine rings is 1. The highest BCUT2D eigenvalue weighted by Crippen LogP contribution is 2.35. The fourth-order valence-corrected chi connectivity index (χ4v) is 5.63. The summed E-state index contributed by atoms with van der Waals surface area (Å²) in [5, 5.41) is 0. The number of benzene rings is 3. The van der Waals surface area contributed by atoms with Gasteiger partial charge in [0.1, 0.15) is 5.75 Å². The summed E-state index contributed by atoms with van der Waals surface area (Å²) in [4.78, 5) is 33.6. The van der Waals surface area contributed by atoms with Crippen LogP contribution in [0.4, 0.5) is 5.69 Å². The van der Waals surface area contributed by atoms with E-state index in [2.05, 4.69) is 67.3 Å². The zero-order chi connectivity index (χ0) is 25.9. The van der Waals surface area contributed by atoms with Crippen molar-refractivity contribution < 1.29 is 14.3 Å². The molecule has 0 bridgehead atoms. The first kappa shape index (κ1) is 24.9. The molecule has 3 aromatic rings. The number of anilines is 1. The van der Waals surface area contributed by atoms with Crippen LogP contribution in [0.3, 0.4) is 0 Å². The third-order valence-electron chi connectivity index (χ3n) is 7.79. The van der Waals surface area contributed by atoms with Crippen molar-refractivity contribution in [3.05, 3.63) is 95.1 Å². The molecule has 2 unspecified atom stereocenters. The van der Waals surface area contributed by atoms with Crippen LogP contribution in [-0.2, 0) is 4.79 Å². The first-order valence-electron chi connectivity index (χ1n) is 13.0. The van der Waals surface area contributed by atoms with Crippen LogP contribution >= 0.6 is 0 Å². The van der Waals surface area contributed by atoms with Gasteiger partial charge in [-0.05, 0) is 49.2 Å². The lowest BCUT2D eigenvalue weighted by Crippen LogP contribution is -2.51. The Morgan fingerprint density at radius 1 is 0.811 bits per heavy atom. The highest BCUT2D eigenvalue weighted by atomic mass is 16.5. The van der Waals surface area contributed by atoms with Crippen LogP contribution in [0, 0.1) is 19.8 Å². The van der Waals surface area contributed by atoms with Crippen molar-refractivity contribution in [1.29, 1.82) is 0 Å². The van der Waals surface area contributed by atoms with E-state index in [4.69, 9.17) is 4.74 Å². The van der Waals surface area contributed by atoms with Gasteiger partial charge < -0.3 is 19.4 Å². The Morgan fingerprint density at radius 3 is 2.24 bits per heavy atom. The number of carbonyl (C=O) groups excluding carboxylic acids is 2. The molecule has 6 nitrogen and oxygen atoms in total. The van der Waals surface area contributed by atoms with E-state index < -0.39 is 0 Å². The molecule has 3 aromatic carbocycles. The molecule has 2 atom stereocenters. The van der Waals surface area contributed by atoms with E-state index >= 15 is 0 Å². The molecule has 0 radical (unpaired) electrons. The Balaban J connectivity index is 1.34. The molecular weight excluding hydrogens is 462 g/mol. The Labute approximate surface area is 219 Å². The number of para-hydroxylation sites is 1. The van der Waals surface area contributed by atoms with Crippen LogP contribution in [0.25, 0.3) is 0 Å². The maximum atomic E-state index is 13.9. The molecule has 192 valence electrons. The zero-order valence-corrected chi connectivity index (χ0v) is 21.9. The lowest BCUT2D eigenvalue weighted by molar-refractivity contribution is -0.135. The summed E-state index contributed by atoms with van der Waals surface area (Å²) in [6.07, 6.45) is 0. The molecule has 2 aliphatic rings. The van der Waals surface area contributed by atoms with Gasteiger partial charge in [0.05, 0.1) is 13.0 Å². The Kier molecular flexibility index (Phi) is 7.17. The summed E-state index contributed by atoms with van der Waals surface area (Å²) >= 11 is 0. The van der Waals surface area contributed by atoms with Crippen molar-refractivity contribution in [2.24, 2.45) is 5.92 Å². The van der Waals surface area contributed by atoms with E-state index in [0.717, 1.165) is 18.7 Å². The minimum Gasteiger partial charge on any atom is -0.497 e. The molecule has 2 amide bonds. The second-order valence-electron chi connectivity index (χ2n) is 10.2. The molecule has 2 fully saturated rings. The van der Waals surface area contributed by atoms with Gasteiger partial charge in [0, 0.05) is 56.4 Å². The molecule has 6 heteroatoms. The van der Waals surface area contributed by atoms with Crippen LogP contribution in [-0.4, -0.2) is 68.0 Å². The summed E-state index contributed by atoms with van der Waals surface area (Å²) in [6, 6.07) is 24.0. The number of aryl methyl sites for hydroxylation is 2. The van der Waals surface area contributed by atoms with Crippen LogP contribution in [0.2, 0.25) is 0 Å². The van der Waals surface area contributed by atoms with Gasteiger partial charge in [-0.1, -0.05) is 54.1 Å². The summed E-state index contributed by atoms with van der Waals surface area (Å²) in [5.41, 5.74) is 5.37. The van der Waals surface area contributed by atoms with Crippen molar-refractivity contribution in [3.8, 4) is 5.75 Å². The number of methoxy groups -OCH3 is 1. The fraction of sp³-hybridized carbons (Fsp3) is 0.355. The molecular formula is C31H35N3O3. The van der Waals surface area contributed by atoms with Crippen LogP contribution in [0.15, 0.2) is 72.8 Å². The Bertz CT molecular complexity index is 1260. The van der Waals surface area contributed by atoms with Gasteiger partial charge in [0.2, 0.25) is 5.91 Å². The molecule has 0 N–H and O–H groups in total. The van der Waals surface area contributed by atoms with Gasteiger partial charge in [-0.15, -0.1) is 0 Å². The average Bonchev–Trinajstić information content (AvgIpc) is 3.38. The number of amides is 2. The minimum absolute atomic E-state index is 0.0305. The largest absolute Gasteiger partial charge is 0.497 e. The molecule has 2 heterocycles. The van der Waals surface area contributed by atoms with E-state index in [1.807, 2.05) is 28.0 Å². The smallest absolute Gasteiger partial charge is 0.254 e. The van der Waals surface area contributed by atoms with Crippen LogP contribution in [0.5, 0.6) is 5.75 Å². The lowest BCUT2D eigenvalue weighted by atomic mass is 9.87. The first-order valence-corrected chi connectivity index (χ1v) is 13.0. The minimum atomic E-state index is -0.262. The van der Waals surface area contributed by atoms with Crippen LogP contribution < -0.4 is 9.64 Å². The lowest BCUT2D eigenvalue weighted by Gasteiger charge is -2.38. The molecule has 5 rings (SSSR count). The second-order valence-corrected chi connectivity index (χ2v) is 10.2. The normalized spacial score (nSPS) is 19.7. The average molecular weight is 498 g/mol. The van der Waals surface area contributed by atoms with Gasteiger partial charge in [-0.25, -0.2) is 0 Å². The molecule has 0 spiro atoms. The number of nitrogens with zero attached hydrogens (tertiary/aromatic N) is 3. The highest BCUT2D eigenvalue weighted by molar-refractivity contribution is 5.95. The van der Waals surface area contributed by atoms with E-state index in [0.29, 0.717) is 37.5 Å². The number of rotatable bonds is 5. The van der Waals surface area contributed by atoms with Crippen molar-refractivity contribution in [3.63, 3.8) is 0 Å². The Hall–Kier alpha value is -3.80. The van der Waals surface area contributed by atoms with Gasteiger partial charge in [0.15, 0.2) is 0 Å². The molecule has 2 saturated heterocycles. The fourth-order valence-electron chi connectivity index (χ4n) is 5.63. The summed E-state index contributed by atoms with van der Waals surface area (Å²) in [5.74, 6) is 0.449. The van der Waals surface area contributed by atoms with E-state index in [1.165, 1.54) is 16.8 Å². The highest BCUT2D eigenvalue weighted by Gasteiger charge is 2.42. The maximum Gasteiger partial charge on any atom is 0.254 e. The second kappa shape index (κ2) is 10.7. The third-order valence-corrected chi connectivity index (χ3v) is 7.79. The number of hydrogen-bond donors (Lipinski definition) is 0. The predicted octanol–water partition coefficient (Wildman–Crippen LogP) is 4.52. The number of hydrogen-bond acceptors (Lipinski definition) is 4. The quantitative estimate of drug-likeness (QED) is 0.520. The number of ether oxygens (including phenoxy) is 1. The van der Waals surface area contributed by atoms with E-state index in [9.17, 15) is 9.59 Å². The molecule has 0 aromatic heterocycles. The Morgan fingerprint density at radius 2 is 1.54 bits per heavy atom. The SMILES string of the molecule is COc1cccc(C(=O)N2CC(C(=O)N3CCN(c4ccccc4C)CC3)C(c3ccc(C)cc3)C2)c1. The van der Waals surface area contributed by atoms with Crippen molar-refractivity contribution in [2.45, 2.75) is 19.8 Å². The standard InChI is InChI=1S/C31H35N3O3/c1-22-11-13-24(14-12-22)27-20-34(30(35)25-8-6-9-26(19-25)37-3)21-28(27)31(36)33-17-15-32(16-18-33)29-10-5-4-7-23(29)2/h4-14,19,27-28H,15-18,20-21H2,1-3H3. The van der Waals surface area contributed by atoms with Gasteiger partial charge in [-0.3, -0.25) is 9.59 Å². The van der Waals surface area contributed by atoms with Crippen molar-refractivity contribution in [1.82, 2.24) is 9.80 Å². The molecule has 0 aliphatic carbocycles. The molecule has 37 heavy (non-hydrogen) atoms. The van der Waals surface area contributed by atoms with E-state index in [1.54, 1.807) is 13.2 Å². The monoisotopic (exact) mass is 497 g/mol. The van der Waals surface area contributed by atoms with Crippen LogP contribution in [0.1, 0.15) is 33.0 Å². The summed E-state index contributed by atoms with van der Waals surface area (Å²) in [6.45, 7) is 8.14. The summed E-state index contributed by atoms with van der Waals surface area (Å²) in [7, 11) is 1.60. The topological polar surface area (TPSA) is 53.1 Å². The maximum absolute atomic E-state index is 13.9. The third kappa shape index (κ3) is 5.19. The molecule has 2 aliphatic heterocycles. The predicted molar refractivity (Wildman–Crippen MR) is 146 cm³/mol. The van der Waals surface area contributed by atoms with Gasteiger partial charge in [-0.2, -0.15) is 0 Å². The number of likely N-dealkylation sites (tertiary alicyclic amines) is 1. The summed E-state index contributed by atoms with van der Waals surface area (Å²) < 4.78 is 5.32. The van der Waals surface area contributed by atoms with E-state index in [-0.39, 0.29) is 23.7 Å². The zero-order valence-electron chi connectivity index (χ0n) is 21.9. The van der Waals surface area contributed by atoms with Gasteiger partial charge >= 0.3 is 0 Å². The van der Waals surface area contributed by atoms with Crippen molar-refractivity contribution in [2.75, 3.05) is 51.3 Å². The van der Waals surface area contributed by atoms with Crippen molar-refractivity contribution >= 4 is 17.5 Å². The van der Waals surface area contributed by atoms with Gasteiger partial charge in [0.25, 0.3) is 5.91 Å².